The van der Waals surface area contributed by atoms with Gasteiger partial charge in [0.15, 0.2) is 11.5 Å². The fraction of sp³-hybridized carbons (Fsp3) is 0.333. The van der Waals surface area contributed by atoms with Crippen LogP contribution in [0.15, 0.2) is 29.9 Å². The van der Waals surface area contributed by atoms with Crippen LogP contribution in [0.4, 0.5) is 5.82 Å². The first-order valence-electron chi connectivity index (χ1n) is 8.01. The highest BCUT2D eigenvalue weighted by Crippen LogP contribution is 2.33. The van der Waals surface area contributed by atoms with Crippen LogP contribution in [0.5, 0.6) is 11.5 Å². The number of anilines is 1. The molecule has 0 saturated carbocycles. The van der Waals surface area contributed by atoms with E-state index >= 15 is 0 Å². The third-order valence-corrected chi connectivity index (χ3v) is 5.01. The van der Waals surface area contributed by atoms with Gasteiger partial charge >= 0.3 is 0 Å². The first-order valence-corrected chi connectivity index (χ1v) is 8.89. The van der Waals surface area contributed by atoms with Crippen LogP contribution in [0.25, 0.3) is 10.2 Å². The summed E-state index contributed by atoms with van der Waals surface area (Å²) in [5.41, 5.74) is 3.19. The maximum Gasteiger partial charge on any atom is 0.161 e. The first-order chi connectivity index (χ1) is 12.1. The van der Waals surface area contributed by atoms with Crippen molar-refractivity contribution in [2.24, 2.45) is 0 Å². The molecular formula is C18H21N3O3S. The minimum atomic E-state index is -0.0349. The quantitative estimate of drug-likeness (QED) is 0.672. The molecule has 1 aromatic carbocycles. The largest absolute Gasteiger partial charge is 0.493 e. The van der Waals surface area contributed by atoms with Gasteiger partial charge in [-0.15, -0.1) is 11.3 Å². The number of aromatic nitrogens is 2. The molecule has 132 valence electrons. The smallest absolute Gasteiger partial charge is 0.161 e. The van der Waals surface area contributed by atoms with Crippen molar-refractivity contribution in [3.63, 3.8) is 0 Å². The van der Waals surface area contributed by atoms with Crippen molar-refractivity contribution in [1.82, 2.24) is 9.97 Å². The number of aliphatic hydroxyl groups is 1. The number of hydrogen-bond acceptors (Lipinski definition) is 7. The van der Waals surface area contributed by atoms with E-state index in [9.17, 15) is 0 Å². The minimum Gasteiger partial charge on any atom is -0.493 e. The minimum absolute atomic E-state index is 0.0290. The number of rotatable bonds is 7. The highest BCUT2D eigenvalue weighted by molar-refractivity contribution is 7.18. The number of aryl methyl sites for hydroxylation is 1. The lowest BCUT2D eigenvalue weighted by Crippen LogP contribution is -2.09. The molecule has 0 saturated heterocycles. The Balaban J connectivity index is 1.84. The summed E-state index contributed by atoms with van der Waals surface area (Å²) in [4.78, 5) is 8.74. The molecule has 0 aliphatic carbocycles. The van der Waals surface area contributed by atoms with E-state index in [1.165, 1.54) is 0 Å². The highest BCUT2D eigenvalue weighted by Gasteiger charge is 2.14. The molecule has 0 amide bonds. The van der Waals surface area contributed by atoms with Crippen molar-refractivity contribution >= 4 is 27.4 Å². The highest BCUT2D eigenvalue weighted by atomic mass is 32.1. The lowest BCUT2D eigenvalue weighted by molar-refractivity contribution is 0.196. The molecule has 3 aromatic rings. The van der Waals surface area contributed by atoms with E-state index in [0.717, 1.165) is 27.2 Å². The molecule has 1 atom stereocenters. The summed E-state index contributed by atoms with van der Waals surface area (Å²) in [6.45, 7) is 4.32. The van der Waals surface area contributed by atoms with Crippen molar-refractivity contribution in [3.8, 4) is 11.5 Å². The van der Waals surface area contributed by atoms with E-state index in [0.29, 0.717) is 11.5 Å². The second-order valence-corrected chi connectivity index (χ2v) is 6.55. The summed E-state index contributed by atoms with van der Waals surface area (Å²) in [5.74, 6) is 2.08. The van der Waals surface area contributed by atoms with Crippen LogP contribution >= 0.6 is 11.3 Å². The zero-order valence-electron chi connectivity index (χ0n) is 14.4. The summed E-state index contributed by atoms with van der Waals surface area (Å²) in [5, 5.41) is 14.4. The summed E-state index contributed by atoms with van der Waals surface area (Å²) in [6.07, 6.45) is 1.59. The lowest BCUT2D eigenvalue weighted by atomic mass is 10.1. The van der Waals surface area contributed by atoms with Crippen molar-refractivity contribution in [3.05, 3.63) is 41.0 Å². The van der Waals surface area contributed by atoms with Gasteiger partial charge in [0.2, 0.25) is 0 Å². The Morgan fingerprint density at radius 3 is 2.88 bits per heavy atom. The topological polar surface area (TPSA) is 76.5 Å². The Bertz CT molecular complexity index is 866. The molecule has 1 unspecified atom stereocenters. The number of nitrogens with zero attached hydrogens (tertiary/aromatic N) is 2. The van der Waals surface area contributed by atoms with Gasteiger partial charge in [-0.1, -0.05) is 6.07 Å². The summed E-state index contributed by atoms with van der Waals surface area (Å²) < 4.78 is 11.9. The van der Waals surface area contributed by atoms with Crippen LogP contribution in [0, 0.1) is 6.92 Å². The molecule has 3 rings (SSSR count). The number of methoxy groups -OCH3 is 1. The standard InChI is InChI=1S/C18H21N3O3S/c1-11-9-25-17-16(11)19-10-20-18(17)21-12(2)13-4-5-14(24-7-6-22)15(8-13)23-3/h4-5,8-10,12,22H,6-7H2,1-3H3,(H,19,20,21). The zero-order valence-corrected chi connectivity index (χ0v) is 15.3. The molecule has 0 aliphatic heterocycles. The van der Waals surface area contributed by atoms with Gasteiger partial charge < -0.3 is 19.9 Å². The first kappa shape index (κ1) is 17.4. The molecule has 6 nitrogen and oxygen atoms in total. The zero-order chi connectivity index (χ0) is 17.8. The molecule has 2 N–H and O–H groups in total. The van der Waals surface area contributed by atoms with Crippen LogP contribution in [-0.4, -0.2) is 35.4 Å². The van der Waals surface area contributed by atoms with Gasteiger partial charge in [0.05, 0.1) is 30.0 Å². The number of aliphatic hydroxyl groups excluding tert-OH is 1. The van der Waals surface area contributed by atoms with Crippen molar-refractivity contribution < 1.29 is 14.6 Å². The number of benzene rings is 1. The van der Waals surface area contributed by atoms with E-state index in [1.807, 2.05) is 18.2 Å². The predicted octanol–water partition coefficient (Wildman–Crippen LogP) is 3.55. The van der Waals surface area contributed by atoms with Gasteiger partial charge in [-0.05, 0) is 42.5 Å². The van der Waals surface area contributed by atoms with E-state index in [2.05, 4.69) is 34.5 Å². The van der Waals surface area contributed by atoms with Crippen molar-refractivity contribution in [2.45, 2.75) is 19.9 Å². The molecule has 2 aromatic heterocycles. The number of hydrogen-bond donors (Lipinski definition) is 2. The Morgan fingerprint density at radius 1 is 1.28 bits per heavy atom. The number of thiophene rings is 1. The van der Waals surface area contributed by atoms with Gasteiger partial charge in [0.25, 0.3) is 0 Å². The Labute approximate surface area is 150 Å². The lowest BCUT2D eigenvalue weighted by Gasteiger charge is -2.17. The number of ether oxygens (including phenoxy) is 2. The monoisotopic (exact) mass is 359 g/mol. The maximum atomic E-state index is 8.90. The molecule has 0 spiro atoms. The van der Waals surface area contributed by atoms with Gasteiger partial charge in [-0.25, -0.2) is 9.97 Å². The van der Waals surface area contributed by atoms with Crippen LogP contribution in [0.1, 0.15) is 24.1 Å². The summed E-state index contributed by atoms with van der Waals surface area (Å²) >= 11 is 1.64. The number of fused-ring (bicyclic) bond motifs is 1. The second-order valence-electron chi connectivity index (χ2n) is 5.67. The third kappa shape index (κ3) is 3.67. The Kier molecular flexibility index (Phi) is 5.35. The SMILES string of the molecule is COc1cc(C(C)Nc2ncnc3c(C)csc23)ccc1OCCO. The molecule has 25 heavy (non-hydrogen) atoms. The average molecular weight is 359 g/mol. The maximum absolute atomic E-state index is 8.90. The van der Waals surface area contributed by atoms with E-state index in [1.54, 1.807) is 24.8 Å². The molecule has 0 radical (unpaired) electrons. The van der Waals surface area contributed by atoms with Gasteiger partial charge in [0, 0.05) is 0 Å². The van der Waals surface area contributed by atoms with Crippen LogP contribution < -0.4 is 14.8 Å². The fourth-order valence-electron chi connectivity index (χ4n) is 2.59. The Morgan fingerprint density at radius 2 is 2.12 bits per heavy atom. The van der Waals surface area contributed by atoms with Crippen LogP contribution in [0.2, 0.25) is 0 Å². The molecule has 7 heteroatoms. The van der Waals surface area contributed by atoms with E-state index in [4.69, 9.17) is 14.6 Å². The van der Waals surface area contributed by atoms with Crippen LogP contribution in [0.3, 0.4) is 0 Å². The fourth-order valence-corrected chi connectivity index (χ4v) is 3.54. The molecule has 0 aliphatic rings. The van der Waals surface area contributed by atoms with Crippen molar-refractivity contribution in [1.29, 1.82) is 0 Å². The molecule has 2 heterocycles. The molecule has 0 bridgehead atoms. The van der Waals surface area contributed by atoms with Gasteiger partial charge in [0.1, 0.15) is 18.8 Å². The van der Waals surface area contributed by atoms with Gasteiger partial charge in [-0.3, -0.25) is 0 Å². The third-order valence-electron chi connectivity index (χ3n) is 3.92. The van der Waals surface area contributed by atoms with E-state index < -0.39 is 0 Å². The van der Waals surface area contributed by atoms with Crippen molar-refractivity contribution in [2.75, 3.05) is 25.6 Å². The van der Waals surface area contributed by atoms with Gasteiger partial charge in [-0.2, -0.15) is 0 Å². The number of nitrogens with one attached hydrogen (secondary N) is 1. The summed E-state index contributed by atoms with van der Waals surface area (Å²) in [6, 6.07) is 5.79. The van der Waals surface area contributed by atoms with E-state index in [-0.39, 0.29) is 19.3 Å². The summed E-state index contributed by atoms with van der Waals surface area (Å²) in [7, 11) is 1.60. The van der Waals surface area contributed by atoms with Crippen LogP contribution in [-0.2, 0) is 0 Å². The second kappa shape index (κ2) is 7.67. The average Bonchev–Trinajstić information content (AvgIpc) is 3.02. The molecular weight excluding hydrogens is 338 g/mol. The normalized spacial score (nSPS) is 12.2. The Hall–Kier alpha value is -2.38. The predicted molar refractivity (Wildman–Crippen MR) is 99.8 cm³/mol. The molecule has 0 fully saturated rings.